The van der Waals surface area contributed by atoms with Gasteiger partial charge in [-0.2, -0.15) is 10.4 Å². The van der Waals surface area contributed by atoms with Gasteiger partial charge in [-0.1, -0.05) is 18.2 Å². The molecule has 10 heteroatoms. The fourth-order valence-corrected chi connectivity index (χ4v) is 4.50. The first-order valence-corrected chi connectivity index (χ1v) is 13.0. The van der Waals surface area contributed by atoms with E-state index >= 15 is 0 Å². The van der Waals surface area contributed by atoms with Crippen LogP contribution >= 0.6 is 0 Å². The Balaban J connectivity index is 1.26. The first-order chi connectivity index (χ1) is 19.1. The largest absolute Gasteiger partial charge is 0.457 e. The first-order valence-electron chi connectivity index (χ1n) is 13.0. The van der Waals surface area contributed by atoms with E-state index in [0.29, 0.717) is 34.7 Å². The summed E-state index contributed by atoms with van der Waals surface area (Å²) in [6.45, 7) is 6.79. The maximum absolute atomic E-state index is 12.6. The third-order valence-corrected chi connectivity index (χ3v) is 6.57. The van der Waals surface area contributed by atoms with Gasteiger partial charge in [0.25, 0.3) is 0 Å². The van der Waals surface area contributed by atoms with Crippen molar-refractivity contribution in [3.05, 3.63) is 78.1 Å². The van der Waals surface area contributed by atoms with E-state index in [1.54, 1.807) is 10.7 Å². The van der Waals surface area contributed by atoms with Gasteiger partial charge >= 0.3 is 6.03 Å². The molecule has 0 bridgehead atoms. The lowest BCUT2D eigenvalue weighted by Gasteiger charge is -2.26. The molecule has 0 unspecified atom stereocenters. The Hall–Kier alpha value is -4.59. The van der Waals surface area contributed by atoms with E-state index in [4.69, 9.17) is 9.47 Å². The molecule has 1 aliphatic heterocycles. The number of aryl methyl sites for hydroxylation is 1. The second-order valence-corrected chi connectivity index (χ2v) is 9.26. The fourth-order valence-electron chi connectivity index (χ4n) is 4.50. The van der Waals surface area contributed by atoms with Crippen molar-refractivity contribution < 1.29 is 14.3 Å². The number of nitrogens with one attached hydrogen (secondary N) is 3. The van der Waals surface area contributed by atoms with Crippen LogP contribution in [0.1, 0.15) is 17.5 Å². The van der Waals surface area contributed by atoms with Crippen LogP contribution in [0.15, 0.2) is 67.0 Å². The number of urea groups is 1. The lowest BCUT2D eigenvalue weighted by molar-refractivity contribution is 0.0375. The maximum Gasteiger partial charge on any atom is 0.319 e. The zero-order valence-electron chi connectivity index (χ0n) is 21.8. The number of nitriles is 1. The molecule has 0 aliphatic carbocycles. The number of anilines is 3. The van der Waals surface area contributed by atoms with E-state index < -0.39 is 0 Å². The summed E-state index contributed by atoms with van der Waals surface area (Å²) in [4.78, 5) is 14.9. The van der Waals surface area contributed by atoms with E-state index in [9.17, 15) is 10.1 Å². The smallest absolute Gasteiger partial charge is 0.319 e. The van der Waals surface area contributed by atoms with Crippen LogP contribution in [-0.2, 0) is 4.74 Å². The Morgan fingerprint density at radius 1 is 1.10 bits per heavy atom. The fraction of sp³-hybridized carbons (Fsp3) is 0.276. The van der Waals surface area contributed by atoms with Gasteiger partial charge in [-0.25, -0.2) is 9.31 Å². The number of carbonyl (C=O) groups is 1. The van der Waals surface area contributed by atoms with Crippen LogP contribution in [0.3, 0.4) is 0 Å². The van der Waals surface area contributed by atoms with Gasteiger partial charge in [0.2, 0.25) is 0 Å². The molecule has 0 saturated carbocycles. The number of ether oxygens (including phenoxy) is 2. The van der Waals surface area contributed by atoms with Crippen molar-refractivity contribution in [1.82, 2.24) is 19.8 Å². The summed E-state index contributed by atoms with van der Waals surface area (Å²) in [6, 6.07) is 19.0. The minimum atomic E-state index is -0.278. The summed E-state index contributed by atoms with van der Waals surface area (Å²) in [7, 11) is 0. The molecule has 3 N–H and O–H groups in total. The molecule has 3 heterocycles. The highest BCUT2D eigenvalue weighted by atomic mass is 16.5. The molecule has 0 spiro atoms. The summed E-state index contributed by atoms with van der Waals surface area (Å²) < 4.78 is 12.9. The summed E-state index contributed by atoms with van der Waals surface area (Å²) in [5.41, 5.74) is 3.93. The van der Waals surface area contributed by atoms with Gasteiger partial charge in [-0.15, -0.1) is 0 Å². The van der Waals surface area contributed by atoms with Crippen molar-refractivity contribution in [1.29, 1.82) is 5.26 Å². The molecule has 200 valence electrons. The molecule has 1 saturated heterocycles. The molecule has 2 aromatic heterocycles. The molecule has 4 aromatic rings. The van der Waals surface area contributed by atoms with E-state index in [-0.39, 0.29) is 6.03 Å². The zero-order chi connectivity index (χ0) is 27.0. The second-order valence-electron chi connectivity index (χ2n) is 9.26. The predicted molar refractivity (Wildman–Crippen MR) is 150 cm³/mol. The van der Waals surface area contributed by atoms with Crippen molar-refractivity contribution in [2.24, 2.45) is 0 Å². The summed E-state index contributed by atoms with van der Waals surface area (Å²) in [6.07, 6.45) is 4.12. The molecule has 0 radical (unpaired) electrons. The Labute approximate surface area is 227 Å². The van der Waals surface area contributed by atoms with Crippen molar-refractivity contribution in [2.75, 3.05) is 50.0 Å². The van der Waals surface area contributed by atoms with Crippen molar-refractivity contribution in [3.8, 4) is 17.6 Å². The van der Waals surface area contributed by atoms with Crippen LogP contribution in [0.4, 0.5) is 21.9 Å². The van der Waals surface area contributed by atoms with Gasteiger partial charge in [-0.3, -0.25) is 4.90 Å². The van der Waals surface area contributed by atoms with Gasteiger partial charge in [-0.05, 0) is 56.3 Å². The first kappa shape index (κ1) is 26.0. The number of nitrogens with zero attached hydrogens (tertiary/aromatic N) is 4. The average molecular weight is 526 g/mol. The number of hydrogen-bond acceptors (Lipinski definition) is 7. The number of benzene rings is 2. The van der Waals surface area contributed by atoms with Crippen LogP contribution in [-0.4, -0.2) is 59.9 Å². The highest BCUT2D eigenvalue weighted by Gasteiger charge is 2.17. The Morgan fingerprint density at radius 3 is 2.59 bits per heavy atom. The molecule has 39 heavy (non-hydrogen) atoms. The third kappa shape index (κ3) is 6.46. The number of carbonyl (C=O) groups excluding carboxylic acids is 1. The molecule has 2 aromatic carbocycles. The van der Waals surface area contributed by atoms with Crippen LogP contribution in [0.25, 0.3) is 5.52 Å². The van der Waals surface area contributed by atoms with Gasteiger partial charge in [0.15, 0.2) is 0 Å². The Bertz CT molecular complexity index is 1460. The molecular formula is C29H31N7O3. The van der Waals surface area contributed by atoms with E-state index in [2.05, 4.69) is 32.0 Å². The number of hydrogen-bond donors (Lipinski definition) is 3. The molecule has 2 amide bonds. The molecular weight excluding hydrogens is 494 g/mol. The average Bonchev–Trinajstić information content (AvgIpc) is 3.28. The maximum atomic E-state index is 12.6. The second kappa shape index (κ2) is 12.3. The van der Waals surface area contributed by atoms with Gasteiger partial charge in [0, 0.05) is 30.9 Å². The monoisotopic (exact) mass is 525 g/mol. The molecule has 0 atom stereocenters. The van der Waals surface area contributed by atoms with Gasteiger partial charge in [0.05, 0.1) is 48.1 Å². The van der Waals surface area contributed by atoms with Crippen molar-refractivity contribution >= 4 is 28.6 Å². The highest BCUT2D eigenvalue weighted by molar-refractivity contribution is 5.94. The van der Waals surface area contributed by atoms with E-state index in [0.717, 1.165) is 56.3 Å². The standard InChI is InChI=1S/C29H31N7O3/c1-21-26(34-29(37)31-12-5-13-35-14-16-38-17-15-35)20-36-28(21)27(22(18-30)19-32-36)33-23-8-10-25(11-9-23)39-24-6-3-2-4-7-24/h2-4,6-11,19-20,33H,5,12-17H2,1H3,(H2,31,34,37). The zero-order valence-corrected chi connectivity index (χ0v) is 21.8. The van der Waals surface area contributed by atoms with Crippen molar-refractivity contribution in [2.45, 2.75) is 13.3 Å². The molecule has 1 aliphatic rings. The Kier molecular flexibility index (Phi) is 8.21. The number of morpholine rings is 1. The van der Waals surface area contributed by atoms with E-state index in [1.807, 2.05) is 61.5 Å². The molecule has 1 fully saturated rings. The van der Waals surface area contributed by atoms with Crippen LogP contribution in [0.5, 0.6) is 11.5 Å². The van der Waals surface area contributed by atoms with E-state index in [1.165, 1.54) is 6.20 Å². The van der Waals surface area contributed by atoms with Crippen LogP contribution < -0.4 is 20.7 Å². The number of rotatable bonds is 9. The quantitative estimate of drug-likeness (QED) is 0.266. The number of aromatic nitrogens is 2. The summed E-state index contributed by atoms with van der Waals surface area (Å²) in [5, 5.41) is 23.4. The SMILES string of the molecule is Cc1c(NC(=O)NCCCN2CCOCC2)cn2ncc(C#N)c(Nc3ccc(Oc4ccccc4)cc3)c12. The van der Waals surface area contributed by atoms with Crippen LogP contribution in [0, 0.1) is 18.3 Å². The number of amides is 2. The predicted octanol–water partition coefficient (Wildman–Crippen LogP) is 4.89. The third-order valence-electron chi connectivity index (χ3n) is 6.57. The van der Waals surface area contributed by atoms with Gasteiger partial charge in [0.1, 0.15) is 17.6 Å². The normalized spacial score (nSPS) is 13.5. The van der Waals surface area contributed by atoms with Crippen LogP contribution in [0.2, 0.25) is 0 Å². The van der Waals surface area contributed by atoms with Crippen molar-refractivity contribution in [3.63, 3.8) is 0 Å². The number of para-hydroxylation sites is 1. The lowest BCUT2D eigenvalue weighted by Crippen LogP contribution is -2.38. The minimum absolute atomic E-state index is 0.278. The lowest BCUT2D eigenvalue weighted by atomic mass is 10.1. The summed E-state index contributed by atoms with van der Waals surface area (Å²) in [5.74, 6) is 1.46. The molecule has 10 nitrogen and oxygen atoms in total. The van der Waals surface area contributed by atoms with Gasteiger partial charge < -0.3 is 25.4 Å². The number of fused-ring (bicyclic) bond motifs is 1. The topological polar surface area (TPSA) is 116 Å². The minimum Gasteiger partial charge on any atom is -0.457 e. The molecule has 5 rings (SSSR count). The highest BCUT2D eigenvalue weighted by Crippen LogP contribution is 2.33. The Morgan fingerprint density at radius 2 is 1.85 bits per heavy atom. The summed E-state index contributed by atoms with van der Waals surface area (Å²) >= 11 is 0.